The van der Waals surface area contributed by atoms with E-state index >= 15 is 0 Å². The fourth-order valence-electron chi connectivity index (χ4n) is 8.70. The van der Waals surface area contributed by atoms with Crippen LogP contribution in [0, 0.1) is 0 Å². The first-order chi connectivity index (χ1) is 29.5. The third-order valence-electron chi connectivity index (χ3n) is 12.9. The van der Waals surface area contributed by atoms with Gasteiger partial charge in [-0.05, 0) is 25.7 Å². The molecule has 0 aliphatic heterocycles. The summed E-state index contributed by atoms with van der Waals surface area (Å²) < 4.78 is 5.48. The molecule has 0 aromatic heterocycles. The van der Waals surface area contributed by atoms with Crippen LogP contribution in [0.3, 0.4) is 0 Å². The molecule has 2 atom stereocenters. The summed E-state index contributed by atoms with van der Waals surface area (Å²) in [5.41, 5.74) is 0. The standard InChI is InChI=1S/C54H107NO5/c1-3-5-7-9-11-13-14-15-16-22-25-28-32-36-40-44-48-54(59)60-49-45-41-37-33-29-26-23-20-18-17-19-21-24-27-31-35-39-43-47-53(58)55-51(50-56)52(57)46-42-38-34-30-12-10-8-6-4-2/h51-52,56-57H,3-50H2,1-2H3,(H,55,58). The molecule has 358 valence electrons. The van der Waals surface area contributed by atoms with Crippen LogP contribution < -0.4 is 5.32 Å². The summed E-state index contributed by atoms with van der Waals surface area (Å²) in [6, 6.07) is -0.541. The molecule has 0 spiro atoms. The molecule has 0 saturated carbocycles. The zero-order valence-electron chi connectivity index (χ0n) is 40.7. The zero-order chi connectivity index (χ0) is 43.7. The van der Waals surface area contributed by atoms with Crippen LogP contribution in [0.15, 0.2) is 0 Å². The Morgan fingerprint density at radius 1 is 0.400 bits per heavy atom. The van der Waals surface area contributed by atoms with Crippen molar-refractivity contribution in [2.75, 3.05) is 13.2 Å². The molecule has 0 aromatic carbocycles. The molecule has 0 fully saturated rings. The smallest absolute Gasteiger partial charge is 0.305 e. The molecule has 0 bridgehead atoms. The number of hydrogen-bond acceptors (Lipinski definition) is 5. The number of carbonyl (C=O) groups is 2. The number of hydrogen-bond donors (Lipinski definition) is 3. The third kappa shape index (κ3) is 46.4. The van der Waals surface area contributed by atoms with Gasteiger partial charge in [0.1, 0.15) is 0 Å². The van der Waals surface area contributed by atoms with Crippen molar-refractivity contribution in [2.45, 2.75) is 321 Å². The highest BCUT2D eigenvalue weighted by atomic mass is 16.5. The van der Waals surface area contributed by atoms with Gasteiger partial charge in [-0.2, -0.15) is 0 Å². The van der Waals surface area contributed by atoms with Crippen molar-refractivity contribution in [2.24, 2.45) is 0 Å². The number of amides is 1. The van der Waals surface area contributed by atoms with Gasteiger partial charge in [0, 0.05) is 12.8 Å². The largest absolute Gasteiger partial charge is 0.466 e. The van der Waals surface area contributed by atoms with Crippen LogP contribution in [0.2, 0.25) is 0 Å². The molecule has 0 aliphatic carbocycles. The second-order valence-electron chi connectivity index (χ2n) is 18.9. The van der Waals surface area contributed by atoms with Crippen LogP contribution in [0.25, 0.3) is 0 Å². The third-order valence-corrected chi connectivity index (χ3v) is 12.9. The Kier molecular flexibility index (Phi) is 49.5. The predicted molar refractivity (Wildman–Crippen MR) is 260 cm³/mol. The number of unbranched alkanes of at least 4 members (excludes halogenated alkanes) is 40. The van der Waals surface area contributed by atoms with Gasteiger partial charge in [-0.1, -0.05) is 271 Å². The predicted octanol–water partition coefficient (Wildman–Crippen LogP) is 16.4. The molecule has 1 amide bonds. The van der Waals surface area contributed by atoms with E-state index in [1.54, 1.807) is 0 Å². The minimum absolute atomic E-state index is 0.0111. The van der Waals surface area contributed by atoms with Gasteiger partial charge in [0.05, 0.1) is 25.4 Å². The molecule has 6 heteroatoms. The Balaban J connectivity index is 3.35. The fraction of sp³-hybridized carbons (Fsp3) is 0.963. The van der Waals surface area contributed by atoms with Crippen molar-refractivity contribution in [1.29, 1.82) is 0 Å². The molecule has 0 saturated heterocycles. The number of aliphatic hydroxyl groups is 2. The number of rotatable bonds is 51. The topological polar surface area (TPSA) is 95.9 Å². The lowest BCUT2D eigenvalue weighted by Crippen LogP contribution is -2.45. The highest BCUT2D eigenvalue weighted by Crippen LogP contribution is 2.17. The minimum atomic E-state index is -0.663. The molecule has 6 nitrogen and oxygen atoms in total. The van der Waals surface area contributed by atoms with Gasteiger partial charge in [0.2, 0.25) is 5.91 Å². The van der Waals surface area contributed by atoms with E-state index in [0.717, 1.165) is 38.5 Å². The lowest BCUT2D eigenvalue weighted by Gasteiger charge is -2.22. The summed E-state index contributed by atoms with van der Waals surface area (Å²) in [6.07, 6.45) is 56.6. The normalized spacial score (nSPS) is 12.5. The first-order valence-electron chi connectivity index (χ1n) is 27.3. The maximum atomic E-state index is 12.4. The molecule has 60 heavy (non-hydrogen) atoms. The van der Waals surface area contributed by atoms with Crippen LogP contribution in [0.5, 0.6) is 0 Å². The Labute approximate surface area is 375 Å². The Bertz CT molecular complexity index is 852. The number of esters is 1. The maximum absolute atomic E-state index is 12.4. The Hall–Kier alpha value is -1.14. The van der Waals surface area contributed by atoms with E-state index in [4.69, 9.17) is 4.74 Å². The minimum Gasteiger partial charge on any atom is -0.466 e. The maximum Gasteiger partial charge on any atom is 0.305 e. The first kappa shape index (κ1) is 58.9. The summed E-state index contributed by atoms with van der Waals surface area (Å²) in [5, 5.41) is 23.1. The molecule has 3 N–H and O–H groups in total. The monoisotopic (exact) mass is 850 g/mol. The summed E-state index contributed by atoms with van der Waals surface area (Å²) in [6.45, 7) is 4.94. The van der Waals surface area contributed by atoms with Crippen LogP contribution in [0.4, 0.5) is 0 Å². The van der Waals surface area contributed by atoms with Crippen LogP contribution in [0.1, 0.15) is 309 Å². The van der Waals surface area contributed by atoms with E-state index in [0.29, 0.717) is 25.9 Å². The molecular weight excluding hydrogens is 743 g/mol. The fourth-order valence-corrected chi connectivity index (χ4v) is 8.70. The molecule has 0 heterocycles. The zero-order valence-corrected chi connectivity index (χ0v) is 40.7. The van der Waals surface area contributed by atoms with Gasteiger partial charge in [-0.25, -0.2) is 0 Å². The number of ether oxygens (including phenoxy) is 1. The molecule has 0 aliphatic rings. The highest BCUT2D eigenvalue weighted by Gasteiger charge is 2.20. The lowest BCUT2D eigenvalue weighted by molar-refractivity contribution is -0.143. The van der Waals surface area contributed by atoms with Gasteiger partial charge < -0.3 is 20.3 Å². The molecule has 0 rings (SSSR count). The van der Waals surface area contributed by atoms with E-state index in [1.807, 2.05) is 0 Å². The summed E-state index contributed by atoms with van der Waals surface area (Å²) >= 11 is 0. The highest BCUT2D eigenvalue weighted by molar-refractivity contribution is 5.76. The SMILES string of the molecule is CCCCCCCCCCCCCCCCCCC(=O)OCCCCCCCCCCCCCCCCCCCCC(=O)NC(CO)C(O)CCCCCCCCCCC. The lowest BCUT2D eigenvalue weighted by atomic mass is 10.0. The second kappa shape index (κ2) is 50.5. The molecule has 2 unspecified atom stereocenters. The average Bonchev–Trinajstić information content (AvgIpc) is 3.25. The van der Waals surface area contributed by atoms with E-state index < -0.39 is 12.1 Å². The van der Waals surface area contributed by atoms with Gasteiger partial charge in [-0.15, -0.1) is 0 Å². The van der Waals surface area contributed by atoms with Gasteiger partial charge in [0.25, 0.3) is 0 Å². The first-order valence-corrected chi connectivity index (χ1v) is 27.3. The molecular formula is C54H107NO5. The summed E-state index contributed by atoms with van der Waals surface area (Å²) in [4.78, 5) is 24.4. The summed E-state index contributed by atoms with van der Waals surface area (Å²) in [5.74, 6) is -0.0289. The molecule has 0 radical (unpaired) electrons. The Morgan fingerprint density at radius 3 is 1.02 bits per heavy atom. The van der Waals surface area contributed by atoms with Crippen LogP contribution >= 0.6 is 0 Å². The summed E-state index contributed by atoms with van der Waals surface area (Å²) in [7, 11) is 0. The van der Waals surface area contributed by atoms with Crippen LogP contribution in [-0.2, 0) is 14.3 Å². The number of nitrogens with one attached hydrogen (secondary N) is 1. The van der Waals surface area contributed by atoms with Crippen LogP contribution in [-0.4, -0.2) is 47.4 Å². The van der Waals surface area contributed by atoms with E-state index in [9.17, 15) is 19.8 Å². The van der Waals surface area contributed by atoms with E-state index in [-0.39, 0.29) is 18.5 Å². The van der Waals surface area contributed by atoms with Crippen molar-refractivity contribution in [3.63, 3.8) is 0 Å². The van der Waals surface area contributed by atoms with Gasteiger partial charge in [-0.3, -0.25) is 9.59 Å². The van der Waals surface area contributed by atoms with Crippen molar-refractivity contribution in [3.05, 3.63) is 0 Å². The van der Waals surface area contributed by atoms with Crippen molar-refractivity contribution < 1.29 is 24.5 Å². The van der Waals surface area contributed by atoms with Gasteiger partial charge in [0.15, 0.2) is 0 Å². The van der Waals surface area contributed by atoms with E-state index in [1.165, 1.54) is 238 Å². The second-order valence-corrected chi connectivity index (χ2v) is 18.9. The van der Waals surface area contributed by atoms with E-state index in [2.05, 4.69) is 19.2 Å². The number of aliphatic hydroxyl groups excluding tert-OH is 2. The van der Waals surface area contributed by atoms with Crippen molar-refractivity contribution in [1.82, 2.24) is 5.32 Å². The average molecular weight is 850 g/mol. The van der Waals surface area contributed by atoms with Crippen molar-refractivity contribution >= 4 is 11.9 Å². The molecule has 0 aromatic rings. The van der Waals surface area contributed by atoms with Gasteiger partial charge >= 0.3 is 5.97 Å². The Morgan fingerprint density at radius 2 is 0.683 bits per heavy atom. The number of carbonyl (C=O) groups excluding carboxylic acids is 2. The van der Waals surface area contributed by atoms with Crippen molar-refractivity contribution in [3.8, 4) is 0 Å². The quantitative estimate of drug-likeness (QED) is 0.0418.